The van der Waals surface area contributed by atoms with Gasteiger partial charge in [-0.3, -0.25) is 4.79 Å². The van der Waals surface area contributed by atoms with Crippen LogP contribution in [0.2, 0.25) is 0 Å². The van der Waals surface area contributed by atoms with E-state index >= 15 is 0 Å². The van der Waals surface area contributed by atoms with E-state index in [1.165, 1.54) is 18.5 Å². The van der Waals surface area contributed by atoms with Gasteiger partial charge in [0.2, 0.25) is 5.76 Å². The van der Waals surface area contributed by atoms with Crippen molar-refractivity contribution in [1.82, 2.24) is 9.88 Å². The topological polar surface area (TPSA) is 58.8 Å². The summed E-state index contributed by atoms with van der Waals surface area (Å²) in [4.78, 5) is 20.6. The first kappa shape index (κ1) is 18.0. The summed E-state index contributed by atoms with van der Waals surface area (Å²) in [6.45, 7) is 3.71. The highest BCUT2D eigenvalue weighted by Gasteiger charge is 2.45. The Morgan fingerprint density at radius 2 is 2.00 bits per heavy atom. The summed E-state index contributed by atoms with van der Waals surface area (Å²) in [6.07, 6.45) is 3.83. The largest absolute Gasteiger partial charge is 0.438 e. The molecule has 3 heterocycles. The Bertz CT molecular complexity index is 812. The van der Waals surface area contributed by atoms with Crippen LogP contribution in [0.15, 0.2) is 35.1 Å². The van der Waals surface area contributed by atoms with Gasteiger partial charge in [-0.1, -0.05) is 0 Å². The Morgan fingerprint density at radius 1 is 1.30 bits per heavy atom. The number of halogens is 1. The molecule has 2 aliphatic rings. The van der Waals surface area contributed by atoms with Gasteiger partial charge in [0.25, 0.3) is 5.91 Å². The number of likely N-dealkylation sites (tertiary alicyclic amines) is 1. The molecule has 7 heteroatoms. The number of rotatable bonds is 3. The minimum absolute atomic E-state index is 0.0992. The van der Waals surface area contributed by atoms with E-state index in [0.717, 1.165) is 24.9 Å². The van der Waals surface area contributed by atoms with Gasteiger partial charge >= 0.3 is 0 Å². The van der Waals surface area contributed by atoms with Gasteiger partial charge in [-0.25, -0.2) is 9.37 Å². The number of anilines is 1. The first-order valence-electron chi connectivity index (χ1n) is 9.29. The number of aromatic nitrogens is 1. The molecule has 2 fully saturated rings. The van der Waals surface area contributed by atoms with Crippen molar-refractivity contribution in [3.8, 4) is 0 Å². The molecule has 0 saturated carbocycles. The fourth-order valence-electron chi connectivity index (χ4n) is 4.07. The lowest BCUT2D eigenvalue weighted by molar-refractivity contribution is -0.0392. The van der Waals surface area contributed by atoms with Gasteiger partial charge < -0.3 is 19.0 Å². The highest BCUT2D eigenvalue weighted by molar-refractivity contribution is 5.92. The van der Waals surface area contributed by atoms with E-state index in [1.54, 1.807) is 19.1 Å². The molecule has 0 N–H and O–H groups in total. The number of oxazole rings is 1. The standard InChI is InChI=1S/C20H24FN3O3/c1-14-18(26-13-22-14)19(25)24-9-7-20(8-10-24)11-17(12-27-20)23(2)16-5-3-15(21)4-6-16/h3-6,13,17H,7-12H2,1-2H3/t17-/m0/s1. The smallest absolute Gasteiger partial charge is 0.291 e. The summed E-state index contributed by atoms with van der Waals surface area (Å²) in [6, 6.07) is 6.79. The van der Waals surface area contributed by atoms with Gasteiger partial charge in [-0.2, -0.15) is 0 Å². The zero-order chi connectivity index (χ0) is 19.0. The Morgan fingerprint density at radius 3 is 2.63 bits per heavy atom. The van der Waals surface area contributed by atoms with Gasteiger partial charge in [-0.05, 0) is 50.5 Å². The maximum Gasteiger partial charge on any atom is 0.291 e. The van der Waals surface area contributed by atoms with Crippen LogP contribution in [0, 0.1) is 12.7 Å². The number of likely N-dealkylation sites (N-methyl/N-ethyl adjacent to an activating group) is 1. The number of carbonyl (C=O) groups excluding carboxylic acids is 1. The van der Waals surface area contributed by atoms with E-state index in [4.69, 9.17) is 9.15 Å². The van der Waals surface area contributed by atoms with E-state index in [2.05, 4.69) is 9.88 Å². The summed E-state index contributed by atoms with van der Waals surface area (Å²) in [5.74, 6) is -0.00429. The molecule has 1 spiro atoms. The Kier molecular flexibility index (Phi) is 4.63. The van der Waals surface area contributed by atoms with E-state index in [1.807, 2.05) is 11.9 Å². The molecular formula is C20H24FN3O3. The predicted molar refractivity (Wildman–Crippen MR) is 98.3 cm³/mol. The van der Waals surface area contributed by atoms with Crippen molar-refractivity contribution in [2.24, 2.45) is 0 Å². The van der Waals surface area contributed by atoms with Crippen LogP contribution in [0.5, 0.6) is 0 Å². The number of carbonyl (C=O) groups is 1. The lowest BCUT2D eigenvalue weighted by atomic mass is 9.87. The summed E-state index contributed by atoms with van der Waals surface area (Å²) in [5, 5.41) is 0. The summed E-state index contributed by atoms with van der Waals surface area (Å²) >= 11 is 0. The molecule has 144 valence electrons. The molecule has 4 rings (SSSR count). The molecule has 1 atom stereocenters. The maximum atomic E-state index is 13.2. The van der Waals surface area contributed by atoms with Gasteiger partial charge in [0.05, 0.1) is 23.9 Å². The zero-order valence-corrected chi connectivity index (χ0v) is 15.7. The van der Waals surface area contributed by atoms with Crippen LogP contribution in [0.1, 0.15) is 35.5 Å². The normalized spacial score (nSPS) is 21.6. The van der Waals surface area contributed by atoms with Crippen molar-refractivity contribution in [3.05, 3.63) is 47.9 Å². The minimum Gasteiger partial charge on any atom is -0.438 e. The van der Waals surface area contributed by atoms with Crippen LogP contribution in [0.4, 0.5) is 10.1 Å². The van der Waals surface area contributed by atoms with Crippen molar-refractivity contribution in [3.63, 3.8) is 0 Å². The number of ether oxygens (including phenoxy) is 1. The second-order valence-electron chi connectivity index (χ2n) is 7.50. The number of nitrogens with zero attached hydrogens (tertiary/aromatic N) is 3. The quantitative estimate of drug-likeness (QED) is 0.828. The van der Waals surface area contributed by atoms with E-state index in [9.17, 15) is 9.18 Å². The molecule has 6 nitrogen and oxygen atoms in total. The Hall–Kier alpha value is -2.41. The van der Waals surface area contributed by atoms with Crippen LogP contribution < -0.4 is 4.90 Å². The van der Waals surface area contributed by atoms with Gasteiger partial charge in [-0.15, -0.1) is 0 Å². The van der Waals surface area contributed by atoms with Crippen LogP contribution in [-0.2, 0) is 4.74 Å². The third-order valence-electron chi connectivity index (χ3n) is 5.87. The van der Waals surface area contributed by atoms with Crippen molar-refractivity contribution < 1.29 is 18.3 Å². The van der Waals surface area contributed by atoms with Gasteiger partial charge in [0.15, 0.2) is 6.39 Å². The Labute approximate surface area is 157 Å². The van der Waals surface area contributed by atoms with Crippen LogP contribution in [0.3, 0.4) is 0 Å². The van der Waals surface area contributed by atoms with Crippen LogP contribution in [-0.4, -0.2) is 54.2 Å². The summed E-state index contributed by atoms with van der Waals surface area (Å²) in [7, 11) is 2.02. The molecule has 27 heavy (non-hydrogen) atoms. The van der Waals surface area contributed by atoms with Gasteiger partial charge in [0, 0.05) is 25.8 Å². The average molecular weight is 373 g/mol. The molecule has 2 aliphatic heterocycles. The second-order valence-corrected chi connectivity index (χ2v) is 7.50. The van der Waals surface area contributed by atoms with Gasteiger partial charge in [0.1, 0.15) is 5.82 Å². The Balaban J connectivity index is 1.37. The summed E-state index contributed by atoms with van der Waals surface area (Å²) < 4.78 is 24.6. The highest BCUT2D eigenvalue weighted by Crippen LogP contribution is 2.38. The van der Waals surface area contributed by atoms with Crippen LogP contribution in [0.25, 0.3) is 0 Å². The average Bonchev–Trinajstić information content (AvgIpc) is 3.29. The van der Waals surface area contributed by atoms with Crippen molar-refractivity contribution in [2.45, 2.75) is 37.8 Å². The molecule has 1 aromatic carbocycles. The molecule has 0 unspecified atom stereocenters. The fourth-order valence-corrected chi connectivity index (χ4v) is 4.07. The fraction of sp³-hybridized carbons (Fsp3) is 0.500. The molecular weight excluding hydrogens is 349 g/mol. The number of piperidine rings is 1. The minimum atomic E-state index is -0.231. The highest BCUT2D eigenvalue weighted by atomic mass is 19.1. The first-order valence-corrected chi connectivity index (χ1v) is 9.29. The third-order valence-corrected chi connectivity index (χ3v) is 5.87. The molecule has 1 amide bonds. The molecule has 0 bridgehead atoms. The number of hydrogen-bond acceptors (Lipinski definition) is 5. The van der Waals surface area contributed by atoms with Crippen molar-refractivity contribution >= 4 is 11.6 Å². The number of hydrogen-bond donors (Lipinski definition) is 0. The SMILES string of the molecule is Cc1ncoc1C(=O)N1CCC2(CC1)C[C@H](N(C)c1ccc(F)cc1)CO2. The van der Waals surface area contributed by atoms with Crippen molar-refractivity contribution in [2.75, 3.05) is 31.6 Å². The zero-order valence-electron chi connectivity index (χ0n) is 15.7. The number of aryl methyl sites for hydroxylation is 1. The van der Waals surface area contributed by atoms with Crippen molar-refractivity contribution in [1.29, 1.82) is 0 Å². The monoisotopic (exact) mass is 373 g/mol. The van der Waals surface area contributed by atoms with E-state index in [-0.39, 0.29) is 23.4 Å². The van der Waals surface area contributed by atoms with Crippen LogP contribution >= 0.6 is 0 Å². The first-order chi connectivity index (χ1) is 13.0. The molecule has 0 aliphatic carbocycles. The third kappa shape index (κ3) is 3.43. The second kappa shape index (κ2) is 6.96. The van der Waals surface area contributed by atoms with E-state index < -0.39 is 0 Å². The molecule has 2 saturated heterocycles. The maximum absolute atomic E-state index is 13.2. The lowest BCUT2D eigenvalue weighted by Gasteiger charge is -2.38. The number of benzene rings is 1. The number of amides is 1. The molecule has 2 aromatic rings. The molecule has 1 aromatic heterocycles. The van der Waals surface area contributed by atoms with E-state index in [0.29, 0.717) is 31.2 Å². The molecule has 0 radical (unpaired) electrons. The lowest BCUT2D eigenvalue weighted by Crippen LogP contribution is -2.47. The summed E-state index contributed by atoms with van der Waals surface area (Å²) in [5.41, 5.74) is 1.42. The predicted octanol–water partition coefficient (Wildman–Crippen LogP) is 3.02.